The summed E-state index contributed by atoms with van der Waals surface area (Å²) in [5, 5.41) is 0. The third-order valence-electron chi connectivity index (χ3n) is 4.00. The third-order valence-corrected chi connectivity index (χ3v) is 4.00. The van der Waals surface area contributed by atoms with Gasteiger partial charge < -0.3 is 9.47 Å². The van der Waals surface area contributed by atoms with Crippen molar-refractivity contribution in [3.8, 4) is 0 Å². The maximum Gasteiger partial charge on any atom is 0.312 e. The molecule has 0 bridgehead atoms. The molecule has 0 aromatic heterocycles. The Balaban J connectivity index is 3.08. The van der Waals surface area contributed by atoms with E-state index in [-0.39, 0.29) is 12.1 Å². The van der Waals surface area contributed by atoms with Gasteiger partial charge in [0.2, 0.25) is 0 Å². The van der Waals surface area contributed by atoms with Crippen molar-refractivity contribution < 1.29 is 14.3 Å². The van der Waals surface area contributed by atoms with E-state index in [9.17, 15) is 4.79 Å². The van der Waals surface area contributed by atoms with Crippen molar-refractivity contribution >= 4 is 5.97 Å². The molecule has 0 fully saturated rings. The summed E-state index contributed by atoms with van der Waals surface area (Å²) in [5.74, 6) is -0.144. The van der Waals surface area contributed by atoms with Gasteiger partial charge in [0.25, 0.3) is 0 Å². The summed E-state index contributed by atoms with van der Waals surface area (Å²) in [7, 11) is 1.69. The lowest BCUT2D eigenvalue weighted by Gasteiger charge is -2.33. The zero-order chi connectivity index (χ0) is 16.4. The van der Waals surface area contributed by atoms with Gasteiger partial charge in [0, 0.05) is 7.11 Å². The highest BCUT2D eigenvalue weighted by Crippen LogP contribution is 2.40. The first kappa shape index (κ1) is 18.4. The molecule has 0 spiro atoms. The number of rotatable bonds is 10. The van der Waals surface area contributed by atoms with E-state index in [2.05, 4.69) is 13.5 Å². The van der Waals surface area contributed by atoms with E-state index < -0.39 is 5.41 Å². The summed E-state index contributed by atoms with van der Waals surface area (Å²) < 4.78 is 11.0. The second kappa shape index (κ2) is 9.42. The minimum Gasteiger partial charge on any atom is -0.466 e. The Kier molecular flexibility index (Phi) is 7.89. The zero-order valence-corrected chi connectivity index (χ0v) is 14.0. The molecule has 0 unspecified atom stereocenters. The highest BCUT2D eigenvalue weighted by atomic mass is 16.5. The molecule has 0 saturated carbocycles. The van der Waals surface area contributed by atoms with Crippen molar-refractivity contribution in [2.24, 2.45) is 5.41 Å². The van der Waals surface area contributed by atoms with Crippen LogP contribution in [0.3, 0.4) is 0 Å². The molecule has 122 valence electrons. The van der Waals surface area contributed by atoms with Gasteiger partial charge in [0.1, 0.15) is 0 Å². The number of hydrogen-bond acceptors (Lipinski definition) is 3. The number of esters is 1. The predicted octanol–water partition coefficient (Wildman–Crippen LogP) is 4.69. The molecule has 0 amide bonds. The fourth-order valence-corrected chi connectivity index (χ4v) is 2.96. The van der Waals surface area contributed by atoms with Gasteiger partial charge in [-0.1, -0.05) is 49.8 Å². The molecule has 3 nitrogen and oxygen atoms in total. The molecule has 0 aliphatic rings. The molecule has 0 aliphatic heterocycles. The van der Waals surface area contributed by atoms with E-state index >= 15 is 0 Å². The van der Waals surface area contributed by atoms with Crippen LogP contribution in [0.2, 0.25) is 0 Å². The van der Waals surface area contributed by atoms with Gasteiger partial charge in [-0.05, 0) is 31.7 Å². The maximum atomic E-state index is 12.6. The standard InChI is InChI=1S/C19H28O3/c1-5-13-19(14-6-2,18(20)22-7-3)15-17(21-4)16-11-9-8-10-12-16/h5,8-12,17H,1,6-7,13-15H2,2-4H3/t17-,19+/m0/s1. The van der Waals surface area contributed by atoms with Crippen LogP contribution in [0.4, 0.5) is 0 Å². The molecule has 2 atom stereocenters. The fraction of sp³-hybridized carbons (Fsp3) is 0.526. The average Bonchev–Trinajstić information content (AvgIpc) is 2.54. The molecule has 0 radical (unpaired) electrons. The topological polar surface area (TPSA) is 35.5 Å². The number of carbonyl (C=O) groups excluding carboxylic acids is 1. The first-order valence-corrected chi connectivity index (χ1v) is 7.99. The normalized spacial score (nSPS) is 14.9. The largest absolute Gasteiger partial charge is 0.466 e. The highest BCUT2D eigenvalue weighted by Gasteiger charge is 2.40. The van der Waals surface area contributed by atoms with E-state index in [1.165, 1.54) is 0 Å². The number of methoxy groups -OCH3 is 1. The first-order valence-electron chi connectivity index (χ1n) is 7.99. The number of carbonyl (C=O) groups is 1. The molecule has 3 heteroatoms. The SMILES string of the molecule is C=CC[C@@](CCC)(C[C@H](OC)c1ccccc1)C(=O)OCC. The fourth-order valence-electron chi connectivity index (χ4n) is 2.96. The maximum absolute atomic E-state index is 12.6. The van der Waals surface area contributed by atoms with Crippen molar-refractivity contribution in [1.29, 1.82) is 0 Å². The van der Waals surface area contributed by atoms with Crippen LogP contribution in [0.1, 0.15) is 51.2 Å². The van der Waals surface area contributed by atoms with Gasteiger partial charge in [0.05, 0.1) is 18.1 Å². The summed E-state index contributed by atoms with van der Waals surface area (Å²) in [6.07, 6.45) is 4.57. The Labute approximate surface area is 134 Å². The number of hydrogen-bond donors (Lipinski definition) is 0. The lowest BCUT2D eigenvalue weighted by Crippen LogP contribution is -2.35. The predicted molar refractivity (Wildman–Crippen MR) is 89.6 cm³/mol. The van der Waals surface area contributed by atoms with E-state index in [1.54, 1.807) is 7.11 Å². The summed E-state index contributed by atoms with van der Waals surface area (Å²) in [6, 6.07) is 10.0. The van der Waals surface area contributed by atoms with Crippen LogP contribution in [0.5, 0.6) is 0 Å². The summed E-state index contributed by atoms with van der Waals surface area (Å²) in [5.41, 5.74) is 0.516. The van der Waals surface area contributed by atoms with Crippen molar-refractivity contribution in [3.05, 3.63) is 48.6 Å². The van der Waals surface area contributed by atoms with Crippen LogP contribution in [-0.2, 0) is 14.3 Å². The van der Waals surface area contributed by atoms with E-state index in [4.69, 9.17) is 9.47 Å². The molecule has 0 heterocycles. The molecule has 1 aromatic carbocycles. The monoisotopic (exact) mass is 304 g/mol. The number of ether oxygens (including phenoxy) is 2. The van der Waals surface area contributed by atoms with Crippen molar-refractivity contribution in [1.82, 2.24) is 0 Å². The molecule has 22 heavy (non-hydrogen) atoms. The summed E-state index contributed by atoms with van der Waals surface area (Å²) >= 11 is 0. The summed E-state index contributed by atoms with van der Waals surface area (Å²) in [6.45, 7) is 8.15. The van der Waals surface area contributed by atoms with Crippen LogP contribution >= 0.6 is 0 Å². The molecular weight excluding hydrogens is 276 g/mol. The van der Waals surface area contributed by atoms with Gasteiger partial charge in [-0.15, -0.1) is 6.58 Å². The Morgan fingerprint density at radius 2 is 2.00 bits per heavy atom. The van der Waals surface area contributed by atoms with Crippen molar-refractivity contribution in [2.75, 3.05) is 13.7 Å². The van der Waals surface area contributed by atoms with Crippen molar-refractivity contribution in [2.45, 2.75) is 45.6 Å². The van der Waals surface area contributed by atoms with Crippen LogP contribution in [0.15, 0.2) is 43.0 Å². The first-order chi connectivity index (χ1) is 10.6. The van der Waals surface area contributed by atoms with Gasteiger partial charge in [-0.25, -0.2) is 0 Å². The lowest BCUT2D eigenvalue weighted by molar-refractivity contribution is -0.158. The smallest absolute Gasteiger partial charge is 0.312 e. The van der Waals surface area contributed by atoms with Crippen LogP contribution in [0, 0.1) is 5.41 Å². The van der Waals surface area contributed by atoms with E-state index in [0.717, 1.165) is 18.4 Å². The molecule has 1 aromatic rings. The quantitative estimate of drug-likeness (QED) is 0.464. The van der Waals surface area contributed by atoms with Gasteiger partial charge in [0.15, 0.2) is 0 Å². The number of allylic oxidation sites excluding steroid dienone is 1. The lowest BCUT2D eigenvalue weighted by atomic mass is 9.74. The molecule has 0 saturated heterocycles. The molecule has 0 N–H and O–H groups in total. The van der Waals surface area contributed by atoms with E-state index in [1.807, 2.05) is 43.3 Å². The van der Waals surface area contributed by atoms with Crippen LogP contribution < -0.4 is 0 Å². The van der Waals surface area contributed by atoms with Gasteiger partial charge >= 0.3 is 5.97 Å². The Hall–Kier alpha value is -1.61. The van der Waals surface area contributed by atoms with Gasteiger partial charge in [-0.3, -0.25) is 4.79 Å². The van der Waals surface area contributed by atoms with Gasteiger partial charge in [-0.2, -0.15) is 0 Å². The minimum atomic E-state index is -0.566. The Morgan fingerprint density at radius 3 is 2.50 bits per heavy atom. The molecule has 1 rings (SSSR count). The Bertz CT molecular complexity index is 455. The minimum absolute atomic E-state index is 0.128. The summed E-state index contributed by atoms with van der Waals surface area (Å²) in [4.78, 5) is 12.6. The van der Waals surface area contributed by atoms with Crippen LogP contribution in [-0.4, -0.2) is 19.7 Å². The molecular formula is C19H28O3. The number of benzene rings is 1. The highest BCUT2D eigenvalue weighted by molar-refractivity contribution is 5.77. The van der Waals surface area contributed by atoms with E-state index in [0.29, 0.717) is 19.4 Å². The van der Waals surface area contributed by atoms with Crippen LogP contribution in [0.25, 0.3) is 0 Å². The average molecular weight is 304 g/mol. The van der Waals surface area contributed by atoms with Crippen molar-refractivity contribution in [3.63, 3.8) is 0 Å². The second-order valence-corrected chi connectivity index (χ2v) is 5.58. The Morgan fingerprint density at radius 1 is 1.32 bits per heavy atom. The zero-order valence-electron chi connectivity index (χ0n) is 14.0. The third kappa shape index (κ3) is 4.70. The second-order valence-electron chi connectivity index (χ2n) is 5.58. The molecule has 0 aliphatic carbocycles.